The monoisotopic (exact) mass is 520 g/mol. The molecule has 0 aliphatic heterocycles. The molecule has 178 valence electrons. The zero-order valence-corrected chi connectivity index (χ0v) is 20.1. The predicted molar refractivity (Wildman–Crippen MR) is 137 cm³/mol. The fraction of sp³-hybridized carbons (Fsp3) is 0. The van der Waals surface area contributed by atoms with Crippen LogP contribution in [0.4, 0.5) is 11.4 Å². The second-order valence-electron chi connectivity index (χ2n) is 6.83. The number of hydrogen-bond acceptors (Lipinski definition) is 7. The molecule has 0 radical (unpaired) electrons. The van der Waals surface area contributed by atoms with Crippen LogP contribution in [0.1, 0.15) is 0 Å². The smallest absolute Gasteiger partial charge is 0.339 e. The molecule has 7 nitrogen and oxygen atoms in total. The number of ether oxygens (including phenoxy) is 2. The molecule has 0 aromatic heterocycles. The highest BCUT2D eigenvalue weighted by molar-refractivity contribution is 7.87. The summed E-state index contributed by atoms with van der Waals surface area (Å²) in [4.78, 5) is -0.00230. The summed E-state index contributed by atoms with van der Waals surface area (Å²) in [6.07, 6.45) is 0. The van der Waals surface area contributed by atoms with E-state index in [9.17, 15) is 8.42 Å². The largest absolute Gasteiger partial charge is 0.457 e. The van der Waals surface area contributed by atoms with E-state index in [1.165, 1.54) is 24.3 Å². The molecule has 0 unspecified atom stereocenters. The van der Waals surface area contributed by atoms with Crippen molar-refractivity contribution in [2.45, 2.75) is 4.90 Å². The molecule has 10 heteroatoms. The lowest BCUT2D eigenvalue weighted by Gasteiger charge is -2.10. The van der Waals surface area contributed by atoms with E-state index in [0.29, 0.717) is 34.4 Å². The second kappa shape index (κ2) is 11.5. The molecule has 0 spiro atoms. The van der Waals surface area contributed by atoms with Gasteiger partial charge < -0.3 is 25.1 Å². The van der Waals surface area contributed by atoms with Gasteiger partial charge in [-0.2, -0.15) is 8.42 Å². The van der Waals surface area contributed by atoms with Gasteiger partial charge in [0.05, 0.1) is 0 Å². The van der Waals surface area contributed by atoms with Crippen molar-refractivity contribution in [1.82, 2.24) is 0 Å². The van der Waals surface area contributed by atoms with Crippen LogP contribution in [0.15, 0.2) is 102 Å². The predicted octanol–water partition coefficient (Wildman–Crippen LogP) is 6.05. The summed E-state index contributed by atoms with van der Waals surface area (Å²) >= 11 is 0. The van der Waals surface area contributed by atoms with Gasteiger partial charge in [-0.15, -0.1) is 24.8 Å². The molecule has 0 aliphatic carbocycles. The number of halogens is 2. The number of nitrogen functional groups attached to an aromatic ring is 2. The fourth-order valence-electron chi connectivity index (χ4n) is 2.84. The highest BCUT2D eigenvalue weighted by atomic mass is 35.5. The van der Waals surface area contributed by atoms with Crippen LogP contribution < -0.4 is 25.1 Å². The summed E-state index contributed by atoms with van der Waals surface area (Å²) in [5.41, 5.74) is 12.6. The van der Waals surface area contributed by atoms with Gasteiger partial charge >= 0.3 is 10.1 Å². The van der Waals surface area contributed by atoms with E-state index in [2.05, 4.69) is 0 Å². The molecule has 0 atom stereocenters. The number of hydrogen-bond donors (Lipinski definition) is 2. The summed E-state index contributed by atoms with van der Waals surface area (Å²) in [5.74, 6) is 2.27. The van der Waals surface area contributed by atoms with E-state index in [0.717, 1.165) is 0 Å². The molecule has 34 heavy (non-hydrogen) atoms. The summed E-state index contributed by atoms with van der Waals surface area (Å²) < 4.78 is 41.8. The lowest BCUT2D eigenvalue weighted by atomic mass is 10.3. The van der Waals surface area contributed by atoms with Crippen molar-refractivity contribution in [1.29, 1.82) is 0 Å². The Morgan fingerprint density at radius 2 is 0.941 bits per heavy atom. The van der Waals surface area contributed by atoms with E-state index < -0.39 is 10.1 Å². The Hall–Kier alpha value is -3.59. The Kier molecular flexibility index (Phi) is 9.03. The van der Waals surface area contributed by atoms with Crippen molar-refractivity contribution in [2.75, 3.05) is 11.5 Å². The Bertz CT molecular complexity index is 1330. The van der Waals surface area contributed by atoms with E-state index >= 15 is 0 Å². The Morgan fingerprint density at radius 1 is 0.529 bits per heavy atom. The molecule has 0 heterocycles. The average molecular weight is 521 g/mol. The molecule has 4 aromatic carbocycles. The average Bonchev–Trinajstić information content (AvgIpc) is 2.75. The van der Waals surface area contributed by atoms with E-state index in [-0.39, 0.29) is 35.5 Å². The third kappa shape index (κ3) is 6.95. The highest BCUT2D eigenvalue weighted by Gasteiger charge is 2.17. The molecule has 4 N–H and O–H groups in total. The molecular formula is C24H22Cl2N2O5S. The van der Waals surface area contributed by atoms with Crippen molar-refractivity contribution in [3.63, 3.8) is 0 Å². The Balaban J connectivity index is 0.00000204. The first-order valence-electron chi connectivity index (χ1n) is 9.59. The fourth-order valence-corrected chi connectivity index (χ4v) is 3.77. The van der Waals surface area contributed by atoms with Gasteiger partial charge in [-0.3, -0.25) is 0 Å². The SMILES string of the molecule is Cl.Cl.Nc1cccc(Oc2ccc(OS(=O)(=O)c3ccc(Oc4cccc(N)c4)cc3)cc2)c1. The summed E-state index contributed by atoms with van der Waals surface area (Å²) in [7, 11) is -4.02. The zero-order chi connectivity index (χ0) is 22.6. The van der Waals surface area contributed by atoms with Gasteiger partial charge in [0.2, 0.25) is 0 Å². The first kappa shape index (κ1) is 26.7. The van der Waals surface area contributed by atoms with Crippen LogP contribution in [0.2, 0.25) is 0 Å². The van der Waals surface area contributed by atoms with Crippen LogP contribution in [-0.4, -0.2) is 8.42 Å². The van der Waals surface area contributed by atoms with Gasteiger partial charge in [-0.1, -0.05) is 12.1 Å². The van der Waals surface area contributed by atoms with Gasteiger partial charge in [0.1, 0.15) is 33.6 Å². The molecular weight excluding hydrogens is 499 g/mol. The highest BCUT2D eigenvalue weighted by Crippen LogP contribution is 2.28. The third-order valence-electron chi connectivity index (χ3n) is 4.33. The zero-order valence-electron chi connectivity index (χ0n) is 17.7. The molecule has 0 saturated heterocycles. The van der Waals surface area contributed by atoms with Crippen molar-refractivity contribution in [3.05, 3.63) is 97.1 Å². The summed E-state index contributed by atoms with van der Waals surface area (Å²) in [6.45, 7) is 0. The quantitative estimate of drug-likeness (QED) is 0.225. The van der Waals surface area contributed by atoms with Crippen molar-refractivity contribution in [3.8, 4) is 28.7 Å². The topological polar surface area (TPSA) is 114 Å². The maximum atomic E-state index is 12.6. The van der Waals surface area contributed by atoms with Crippen LogP contribution in [-0.2, 0) is 10.1 Å². The lowest BCUT2D eigenvalue weighted by molar-refractivity contribution is 0.473. The van der Waals surface area contributed by atoms with Gasteiger partial charge in [-0.25, -0.2) is 0 Å². The minimum atomic E-state index is -4.02. The van der Waals surface area contributed by atoms with Gasteiger partial charge in [0, 0.05) is 23.5 Å². The minimum Gasteiger partial charge on any atom is -0.457 e. The number of benzene rings is 4. The van der Waals surface area contributed by atoms with Crippen molar-refractivity contribution < 1.29 is 22.1 Å². The number of rotatable bonds is 7. The van der Waals surface area contributed by atoms with Crippen LogP contribution in [0.5, 0.6) is 28.7 Å². The summed E-state index contributed by atoms with van der Waals surface area (Å²) in [6, 6.07) is 26.1. The molecule has 0 bridgehead atoms. The lowest BCUT2D eigenvalue weighted by Crippen LogP contribution is -2.09. The summed E-state index contributed by atoms with van der Waals surface area (Å²) in [5, 5.41) is 0. The first-order chi connectivity index (χ1) is 15.4. The molecule has 0 saturated carbocycles. The molecule has 4 rings (SSSR count). The van der Waals surface area contributed by atoms with Crippen LogP contribution in [0.25, 0.3) is 0 Å². The standard InChI is InChI=1S/C24H20N2O5S.2ClH/c25-17-3-1-5-22(15-17)29-19-7-9-21(10-8-19)31-32(27,28)24-13-11-20(12-14-24)30-23-6-2-4-18(26)16-23;;/h1-16H,25-26H2;2*1H. The molecule has 4 aromatic rings. The molecule has 0 amide bonds. The van der Waals surface area contributed by atoms with Gasteiger partial charge in [0.25, 0.3) is 0 Å². The maximum absolute atomic E-state index is 12.6. The third-order valence-corrected chi connectivity index (χ3v) is 5.59. The van der Waals surface area contributed by atoms with E-state index in [4.69, 9.17) is 25.1 Å². The van der Waals surface area contributed by atoms with Gasteiger partial charge in [-0.05, 0) is 72.8 Å². The Morgan fingerprint density at radius 3 is 1.38 bits per heavy atom. The first-order valence-corrected chi connectivity index (χ1v) is 11.0. The van der Waals surface area contributed by atoms with Crippen LogP contribution in [0.3, 0.4) is 0 Å². The molecule has 0 aliphatic rings. The normalized spacial score (nSPS) is 10.4. The van der Waals surface area contributed by atoms with Crippen molar-refractivity contribution >= 4 is 46.3 Å². The van der Waals surface area contributed by atoms with E-state index in [1.807, 2.05) is 0 Å². The van der Waals surface area contributed by atoms with Crippen LogP contribution in [0, 0.1) is 0 Å². The van der Waals surface area contributed by atoms with Gasteiger partial charge in [0.15, 0.2) is 0 Å². The molecule has 0 fully saturated rings. The van der Waals surface area contributed by atoms with E-state index in [1.54, 1.807) is 72.8 Å². The second-order valence-corrected chi connectivity index (χ2v) is 8.38. The minimum absolute atomic E-state index is 0. The van der Waals surface area contributed by atoms with Crippen LogP contribution >= 0.6 is 24.8 Å². The Labute approximate surface area is 210 Å². The maximum Gasteiger partial charge on any atom is 0.339 e. The van der Waals surface area contributed by atoms with Crippen molar-refractivity contribution in [2.24, 2.45) is 0 Å². The number of anilines is 2. The number of nitrogens with two attached hydrogens (primary N) is 2.